The molecule has 0 aliphatic carbocycles. The van der Waals surface area contributed by atoms with Gasteiger partial charge in [0.05, 0.1) is 6.10 Å². The highest BCUT2D eigenvalue weighted by molar-refractivity contribution is 5.63. The minimum absolute atomic E-state index is 0.00463. The molecule has 25 heavy (non-hydrogen) atoms. The monoisotopic (exact) mass is 351 g/mol. The number of hydrogen-bond donors (Lipinski definition) is 7. The van der Waals surface area contributed by atoms with Crippen LogP contribution in [0.2, 0.25) is 0 Å². The number of benzene rings is 2. The fourth-order valence-electron chi connectivity index (χ4n) is 1.92. The molecule has 136 valence electrons. The Morgan fingerprint density at radius 2 is 1.68 bits per heavy atom. The summed E-state index contributed by atoms with van der Waals surface area (Å²) in [5, 5.41) is 57.5. The van der Waals surface area contributed by atoms with Crippen LogP contribution in [0.25, 0.3) is 0 Å². The topological polar surface area (TPSA) is 150 Å². The lowest BCUT2D eigenvalue weighted by Gasteiger charge is -2.10. The number of aliphatic hydroxyl groups is 2. The van der Waals surface area contributed by atoms with Crippen molar-refractivity contribution in [2.45, 2.75) is 12.2 Å². The number of rotatable bonds is 5. The Balaban J connectivity index is 0.000000251. The standard InChI is InChI=1S/C9H13NO3.C8H8O4/c1-10-5-9(13)6-2-3-7(11)8(12)4-6;9-4-7(11)5-2-1-3-6(10)8(5)12/h2-4,9-13H,5H2,1H3;1-4,7,10-12H. The molecule has 2 aromatic rings. The van der Waals surface area contributed by atoms with E-state index in [0.717, 1.165) is 0 Å². The summed E-state index contributed by atoms with van der Waals surface area (Å²) in [6.45, 7) is 0.407. The molecule has 0 bridgehead atoms. The SMILES string of the molecule is CNCC(O)c1ccc(O)c(O)c1.O=CC(O)c1cccc(O)c1O. The molecule has 0 fully saturated rings. The Morgan fingerprint density at radius 3 is 2.24 bits per heavy atom. The fraction of sp³-hybridized carbons (Fsp3) is 0.235. The van der Waals surface area contributed by atoms with Crippen LogP contribution in [0.15, 0.2) is 36.4 Å². The Morgan fingerprint density at radius 1 is 1.00 bits per heavy atom. The van der Waals surface area contributed by atoms with Gasteiger partial charge in [0.1, 0.15) is 6.10 Å². The quantitative estimate of drug-likeness (QED) is 0.307. The van der Waals surface area contributed by atoms with E-state index < -0.39 is 18.0 Å². The second-order valence-corrected chi connectivity index (χ2v) is 5.12. The largest absolute Gasteiger partial charge is 0.504 e. The van der Waals surface area contributed by atoms with Crippen molar-refractivity contribution in [3.05, 3.63) is 47.5 Å². The number of aromatic hydroxyl groups is 4. The van der Waals surface area contributed by atoms with Crippen molar-refractivity contribution in [1.29, 1.82) is 0 Å². The summed E-state index contributed by atoms with van der Waals surface area (Å²) >= 11 is 0. The summed E-state index contributed by atoms with van der Waals surface area (Å²) in [7, 11) is 1.73. The molecule has 0 amide bonds. The van der Waals surface area contributed by atoms with Gasteiger partial charge in [0.15, 0.2) is 29.3 Å². The third-order valence-corrected chi connectivity index (χ3v) is 3.28. The molecule has 0 aliphatic rings. The van der Waals surface area contributed by atoms with Crippen LogP contribution >= 0.6 is 0 Å². The van der Waals surface area contributed by atoms with Gasteiger partial charge in [-0.2, -0.15) is 0 Å². The van der Waals surface area contributed by atoms with Gasteiger partial charge in [-0.25, -0.2) is 0 Å². The Labute approximate surface area is 144 Å². The van der Waals surface area contributed by atoms with Crippen LogP contribution in [-0.2, 0) is 4.79 Å². The summed E-state index contributed by atoms with van der Waals surface area (Å²) in [4.78, 5) is 10.1. The van der Waals surface area contributed by atoms with Crippen molar-refractivity contribution in [1.82, 2.24) is 5.32 Å². The maximum atomic E-state index is 10.1. The first-order valence-electron chi connectivity index (χ1n) is 7.30. The maximum absolute atomic E-state index is 10.1. The summed E-state index contributed by atoms with van der Waals surface area (Å²) in [6, 6.07) is 8.31. The highest BCUT2D eigenvalue weighted by Crippen LogP contribution is 2.31. The molecule has 0 heterocycles. The van der Waals surface area contributed by atoms with Crippen molar-refractivity contribution >= 4 is 6.29 Å². The molecular formula is C17H21NO7. The van der Waals surface area contributed by atoms with E-state index in [1.165, 1.54) is 30.3 Å². The van der Waals surface area contributed by atoms with Crippen molar-refractivity contribution in [2.75, 3.05) is 13.6 Å². The third-order valence-electron chi connectivity index (χ3n) is 3.28. The van der Waals surface area contributed by atoms with E-state index in [-0.39, 0.29) is 29.1 Å². The predicted molar refractivity (Wildman–Crippen MR) is 89.5 cm³/mol. The number of aldehydes is 1. The summed E-state index contributed by atoms with van der Waals surface area (Å²) in [6.07, 6.45) is -1.79. The van der Waals surface area contributed by atoms with Gasteiger partial charge in [-0.15, -0.1) is 0 Å². The van der Waals surface area contributed by atoms with E-state index in [9.17, 15) is 9.90 Å². The van der Waals surface area contributed by atoms with E-state index in [1.54, 1.807) is 13.1 Å². The Bertz CT molecular complexity index is 705. The molecule has 2 atom stereocenters. The van der Waals surface area contributed by atoms with Gasteiger partial charge in [0.25, 0.3) is 0 Å². The van der Waals surface area contributed by atoms with Crippen LogP contribution < -0.4 is 5.32 Å². The van der Waals surface area contributed by atoms with Crippen molar-refractivity contribution < 1.29 is 35.4 Å². The van der Waals surface area contributed by atoms with Crippen LogP contribution in [-0.4, -0.2) is 50.5 Å². The van der Waals surface area contributed by atoms with Crippen molar-refractivity contribution in [3.8, 4) is 23.0 Å². The van der Waals surface area contributed by atoms with Gasteiger partial charge < -0.3 is 40.8 Å². The number of phenolic OH excluding ortho intramolecular Hbond substituents is 4. The van der Waals surface area contributed by atoms with E-state index >= 15 is 0 Å². The van der Waals surface area contributed by atoms with Crippen molar-refractivity contribution in [3.63, 3.8) is 0 Å². The molecule has 2 aromatic carbocycles. The van der Waals surface area contributed by atoms with Gasteiger partial charge in [-0.05, 0) is 30.8 Å². The second kappa shape index (κ2) is 9.48. The first-order chi connectivity index (χ1) is 11.8. The van der Waals surface area contributed by atoms with E-state index in [1.807, 2.05) is 0 Å². The molecule has 2 unspecified atom stereocenters. The number of likely N-dealkylation sites (N-methyl/N-ethyl adjacent to an activating group) is 1. The molecule has 8 heteroatoms. The molecule has 2 rings (SSSR count). The molecule has 0 aliphatic heterocycles. The zero-order valence-electron chi connectivity index (χ0n) is 13.5. The minimum atomic E-state index is -1.39. The predicted octanol–water partition coefficient (Wildman–Crippen LogP) is 0.681. The van der Waals surface area contributed by atoms with E-state index in [2.05, 4.69) is 5.32 Å². The number of hydrogen-bond acceptors (Lipinski definition) is 8. The highest BCUT2D eigenvalue weighted by atomic mass is 16.3. The zero-order chi connectivity index (χ0) is 19.0. The molecule has 0 radical (unpaired) electrons. The Hall–Kier alpha value is -2.81. The zero-order valence-corrected chi connectivity index (χ0v) is 13.5. The van der Waals surface area contributed by atoms with E-state index in [4.69, 9.17) is 25.5 Å². The molecular weight excluding hydrogens is 330 g/mol. The first kappa shape index (κ1) is 20.2. The van der Waals surface area contributed by atoms with Gasteiger partial charge in [0.2, 0.25) is 0 Å². The smallest absolute Gasteiger partial charge is 0.163 e. The normalized spacial score (nSPS) is 12.6. The minimum Gasteiger partial charge on any atom is -0.504 e. The van der Waals surface area contributed by atoms with Gasteiger partial charge in [-0.3, -0.25) is 0 Å². The average Bonchev–Trinajstić information content (AvgIpc) is 2.60. The summed E-state index contributed by atoms with van der Waals surface area (Å²) in [5.41, 5.74) is 0.578. The maximum Gasteiger partial charge on any atom is 0.163 e. The van der Waals surface area contributed by atoms with Crippen LogP contribution in [0.4, 0.5) is 0 Å². The van der Waals surface area contributed by atoms with Gasteiger partial charge in [0, 0.05) is 12.1 Å². The van der Waals surface area contributed by atoms with Crippen molar-refractivity contribution in [2.24, 2.45) is 0 Å². The number of phenols is 4. The lowest BCUT2D eigenvalue weighted by Crippen LogP contribution is -2.16. The number of nitrogens with one attached hydrogen (secondary N) is 1. The summed E-state index contributed by atoms with van der Waals surface area (Å²) < 4.78 is 0. The fourth-order valence-corrected chi connectivity index (χ4v) is 1.92. The van der Waals surface area contributed by atoms with E-state index in [0.29, 0.717) is 12.1 Å². The number of para-hydroxylation sites is 1. The molecule has 8 nitrogen and oxygen atoms in total. The van der Waals surface area contributed by atoms with Crippen LogP contribution in [0.3, 0.4) is 0 Å². The molecule has 0 saturated carbocycles. The molecule has 0 saturated heterocycles. The highest BCUT2D eigenvalue weighted by Gasteiger charge is 2.13. The molecule has 7 N–H and O–H groups in total. The van der Waals surface area contributed by atoms with Gasteiger partial charge >= 0.3 is 0 Å². The number of carbonyl (C=O) groups excluding carboxylic acids is 1. The average molecular weight is 351 g/mol. The van der Waals surface area contributed by atoms with Crippen LogP contribution in [0.1, 0.15) is 23.3 Å². The molecule has 0 spiro atoms. The first-order valence-corrected chi connectivity index (χ1v) is 7.30. The second-order valence-electron chi connectivity index (χ2n) is 5.12. The third kappa shape index (κ3) is 5.64. The molecule has 0 aromatic heterocycles. The van der Waals surface area contributed by atoms with Gasteiger partial charge in [-0.1, -0.05) is 18.2 Å². The Kier molecular flexibility index (Phi) is 7.67. The summed E-state index contributed by atoms with van der Waals surface area (Å²) in [5.74, 6) is -1.21. The lowest BCUT2D eigenvalue weighted by atomic mass is 10.1. The lowest BCUT2D eigenvalue weighted by molar-refractivity contribution is -0.115. The number of aliphatic hydroxyl groups excluding tert-OH is 2. The van der Waals surface area contributed by atoms with Crippen LogP contribution in [0, 0.1) is 0 Å². The van der Waals surface area contributed by atoms with Crippen LogP contribution in [0.5, 0.6) is 23.0 Å². The number of carbonyl (C=O) groups is 1.